The van der Waals surface area contributed by atoms with Gasteiger partial charge in [0.1, 0.15) is 5.57 Å². The van der Waals surface area contributed by atoms with E-state index >= 15 is 0 Å². The molecule has 0 saturated carbocycles. The second-order valence-corrected chi connectivity index (χ2v) is 10.0. The van der Waals surface area contributed by atoms with Crippen LogP contribution in [0.15, 0.2) is 95.4 Å². The van der Waals surface area contributed by atoms with Crippen LogP contribution >= 0.6 is 11.8 Å². The lowest BCUT2D eigenvalue weighted by molar-refractivity contribution is -0.122. The number of imide groups is 2. The molecule has 1 fully saturated rings. The van der Waals surface area contributed by atoms with Gasteiger partial charge in [-0.25, -0.2) is 9.69 Å². The van der Waals surface area contributed by atoms with Gasteiger partial charge >= 0.3 is 6.03 Å². The van der Waals surface area contributed by atoms with Crippen LogP contribution in [-0.4, -0.2) is 37.3 Å². The molecule has 4 aromatic carbocycles. The minimum atomic E-state index is -0.782. The maximum absolute atomic E-state index is 13.2. The predicted octanol–water partition coefficient (Wildman–Crippen LogP) is 5.99. The number of hydrogen-bond acceptors (Lipinski definition) is 6. The van der Waals surface area contributed by atoms with Gasteiger partial charge in [-0.3, -0.25) is 14.9 Å². The molecule has 1 aliphatic heterocycles. The molecule has 0 aliphatic carbocycles. The number of nitrogens with zero attached hydrogens (tertiary/aromatic N) is 1. The summed E-state index contributed by atoms with van der Waals surface area (Å²) in [7, 11) is 1.53. The number of aryl methyl sites for hydroxylation is 1. The predicted molar refractivity (Wildman–Crippen MR) is 153 cm³/mol. The molecule has 8 heteroatoms. The number of ether oxygens (including phenoxy) is 2. The Morgan fingerprint density at radius 3 is 2.51 bits per heavy atom. The van der Waals surface area contributed by atoms with Crippen LogP contribution in [0.3, 0.4) is 0 Å². The highest BCUT2D eigenvalue weighted by molar-refractivity contribution is 7.99. The van der Waals surface area contributed by atoms with E-state index in [4.69, 9.17) is 9.47 Å². The number of methoxy groups -OCH3 is 1. The molecular weight excluding hydrogens is 512 g/mol. The molecule has 4 amide bonds. The van der Waals surface area contributed by atoms with Gasteiger partial charge in [-0.15, -0.1) is 11.8 Å². The van der Waals surface area contributed by atoms with E-state index in [0.29, 0.717) is 29.4 Å². The number of carbonyl (C=O) groups is 3. The van der Waals surface area contributed by atoms with Crippen molar-refractivity contribution in [3.8, 4) is 11.5 Å². The number of hydrogen-bond donors (Lipinski definition) is 1. The number of thioether (sulfide) groups is 1. The van der Waals surface area contributed by atoms with Crippen LogP contribution in [0, 0.1) is 6.92 Å². The normalized spacial score (nSPS) is 14.6. The fourth-order valence-corrected chi connectivity index (χ4v) is 5.25. The maximum atomic E-state index is 13.2. The Morgan fingerprint density at radius 2 is 1.69 bits per heavy atom. The second kappa shape index (κ2) is 11.4. The molecule has 7 nitrogen and oxygen atoms in total. The van der Waals surface area contributed by atoms with Gasteiger partial charge < -0.3 is 9.47 Å². The molecule has 1 heterocycles. The van der Waals surface area contributed by atoms with Gasteiger partial charge in [0.15, 0.2) is 11.5 Å². The minimum absolute atomic E-state index is 0.154. The molecule has 0 spiro atoms. The van der Waals surface area contributed by atoms with Crippen LogP contribution in [-0.2, 0) is 9.59 Å². The Hall–Kier alpha value is -4.56. The van der Waals surface area contributed by atoms with Crippen molar-refractivity contribution in [2.75, 3.05) is 24.4 Å². The summed E-state index contributed by atoms with van der Waals surface area (Å²) in [6.07, 6.45) is 1.44. The lowest BCUT2D eigenvalue weighted by Gasteiger charge is -2.26. The summed E-state index contributed by atoms with van der Waals surface area (Å²) in [6.45, 7) is 2.31. The number of carbonyl (C=O) groups excluding carboxylic acids is 3. The van der Waals surface area contributed by atoms with E-state index in [1.807, 2.05) is 25.1 Å². The van der Waals surface area contributed by atoms with E-state index in [-0.39, 0.29) is 5.57 Å². The Kier molecular flexibility index (Phi) is 7.65. The first-order chi connectivity index (χ1) is 18.9. The fraction of sp³-hybridized carbons (Fsp3) is 0.129. The molecule has 0 atom stereocenters. The number of nitrogens with one attached hydrogen (secondary N) is 1. The summed E-state index contributed by atoms with van der Waals surface area (Å²) in [5.74, 6) is 0.308. The van der Waals surface area contributed by atoms with Crippen molar-refractivity contribution in [2.24, 2.45) is 0 Å². The first-order valence-corrected chi connectivity index (χ1v) is 13.3. The summed E-state index contributed by atoms with van der Waals surface area (Å²) >= 11 is 1.72. The summed E-state index contributed by atoms with van der Waals surface area (Å²) in [5.41, 5.74) is 1.67. The zero-order valence-corrected chi connectivity index (χ0v) is 22.3. The van der Waals surface area contributed by atoms with Gasteiger partial charge in [-0.05, 0) is 65.2 Å². The molecule has 0 radical (unpaired) electrons. The third-order valence-corrected chi connectivity index (χ3v) is 7.25. The average Bonchev–Trinajstić information content (AvgIpc) is 2.93. The van der Waals surface area contributed by atoms with Crippen molar-refractivity contribution in [1.82, 2.24) is 5.32 Å². The number of barbiturate groups is 1. The smallest absolute Gasteiger partial charge is 0.335 e. The van der Waals surface area contributed by atoms with Crippen molar-refractivity contribution >= 4 is 52.1 Å². The van der Waals surface area contributed by atoms with Crippen LogP contribution in [0.2, 0.25) is 0 Å². The molecule has 0 unspecified atom stereocenters. The SMILES string of the molecule is COc1cc(/C=C2\C(=O)NC(=O)N(c3cccc(C)c3)C2=O)ccc1OCCSc1cccc2ccccc12. The van der Waals surface area contributed by atoms with E-state index in [1.165, 1.54) is 28.9 Å². The topological polar surface area (TPSA) is 84.9 Å². The van der Waals surface area contributed by atoms with Gasteiger partial charge in [-0.2, -0.15) is 0 Å². The van der Waals surface area contributed by atoms with Crippen LogP contribution < -0.4 is 19.7 Å². The molecular formula is C31H26N2O5S. The lowest BCUT2D eigenvalue weighted by Crippen LogP contribution is -2.54. The zero-order valence-electron chi connectivity index (χ0n) is 21.5. The number of rotatable bonds is 8. The third-order valence-electron chi connectivity index (χ3n) is 6.21. The first kappa shape index (κ1) is 26.1. The van der Waals surface area contributed by atoms with Gasteiger partial charge in [-0.1, -0.05) is 54.6 Å². The van der Waals surface area contributed by atoms with Gasteiger partial charge in [0.05, 0.1) is 19.4 Å². The van der Waals surface area contributed by atoms with Crippen molar-refractivity contribution in [1.29, 1.82) is 0 Å². The number of anilines is 1. The monoisotopic (exact) mass is 538 g/mol. The van der Waals surface area contributed by atoms with Crippen molar-refractivity contribution < 1.29 is 23.9 Å². The summed E-state index contributed by atoms with van der Waals surface area (Å²) < 4.78 is 11.5. The molecule has 39 heavy (non-hydrogen) atoms. The van der Waals surface area contributed by atoms with Crippen LogP contribution in [0.5, 0.6) is 11.5 Å². The minimum Gasteiger partial charge on any atom is -0.493 e. The Bertz CT molecular complexity index is 1610. The Labute approximate surface area is 230 Å². The van der Waals surface area contributed by atoms with Crippen LogP contribution in [0.1, 0.15) is 11.1 Å². The van der Waals surface area contributed by atoms with Crippen molar-refractivity contribution in [3.63, 3.8) is 0 Å². The second-order valence-electron chi connectivity index (χ2n) is 8.88. The summed E-state index contributed by atoms with van der Waals surface area (Å²) in [4.78, 5) is 40.3. The first-order valence-electron chi connectivity index (χ1n) is 12.3. The molecule has 0 bridgehead atoms. The quantitative estimate of drug-likeness (QED) is 0.128. The Balaban J connectivity index is 1.29. The maximum Gasteiger partial charge on any atom is 0.335 e. The summed E-state index contributed by atoms with van der Waals surface area (Å²) in [6, 6.07) is 25.9. The highest BCUT2D eigenvalue weighted by Crippen LogP contribution is 2.31. The molecule has 5 rings (SSSR count). The summed E-state index contributed by atoms with van der Waals surface area (Å²) in [5, 5.41) is 4.66. The van der Waals surface area contributed by atoms with Crippen molar-refractivity contribution in [2.45, 2.75) is 11.8 Å². The molecule has 1 N–H and O–H groups in total. The number of urea groups is 1. The standard InChI is InChI=1S/C31H26N2O5S/c1-20-7-5-10-23(17-20)33-30(35)25(29(34)32-31(33)36)18-21-13-14-26(27(19-21)37-2)38-15-16-39-28-12-6-9-22-8-3-4-11-24(22)28/h3-14,17-19H,15-16H2,1-2H3,(H,32,34,36)/b25-18+. The van der Waals surface area contributed by atoms with Crippen LogP contribution in [0.4, 0.5) is 10.5 Å². The van der Waals surface area contributed by atoms with Crippen LogP contribution in [0.25, 0.3) is 16.8 Å². The number of amides is 4. The van der Waals surface area contributed by atoms with E-state index in [2.05, 4.69) is 35.6 Å². The fourth-order valence-electron chi connectivity index (χ4n) is 4.34. The largest absolute Gasteiger partial charge is 0.493 e. The highest BCUT2D eigenvalue weighted by atomic mass is 32.2. The number of benzene rings is 4. The van der Waals surface area contributed by atoms with E-state index in [9.17, 15) is 14.4 Å². The molecule has 4 aromatic rings. The highest BCUT2D eigenvalue weighted by Gasteiger charge is 2.36. The average molecular weight is 539 g/mol. The third kappa shape index (κ3) is 5.66. The lowest BCUT2D eigenvalue weighted by atomic mass is 10.1. The van der Waals surface area contributed by atoms with Gasteiger partial charge in [0.25, 0.3) is 11.8 Å². The van der Waals surface area contributed by atoms with Crippen molar-refractivity contribution in [3.05, 3.63) is 102 Å². The number of fused-ring (bicyclic) bond motifs is 1. The van der Waals surface area contributed by atoms with Gasteiger partial charge in [0, 0.05) is 10.6 Å². The molecule has 1 saturated heterocycles. The van der Waals surface area contributed by atoms with E-state index in [1.54, 1.807) is 48.2 Å². The zero-order chi connectivity index (χ0) is 27.4. The Morgan fingerprint density at radius 1 is 0.897 bits per heavy atom. The molecule has 196 valence electrons. The van der Waals surface area contributed by atoms with E-state index in [0.717, 1.165) is 16.2 Å². The molecule has 0 aromatic heterocycles. The van der Waals surface area contributed by atoms with Gasteiger partial charge in [0.2, 0.25) is 0 Å². The molecule has 1 aliphatic rings. The van der Waals surface area contributed by atoms with E-state index < -0.39 is 17.8 Å².